The van der Waals surface area contributed by atoms with E-state index in [2.05, 4.69) is 23.3 Å². The van der Waals surface area contributed by atoms with Gasteiger partial charge in [0.15, 0.2) is 5.60 Å². The second-order valence-electron chi connectivity index (χ2n) is 7.75. The monoisotopic (exact) mass is 452 g/mol. The first-order chi connectivity index (χ1) is 16.2. The number of aliphatic hydroxyl groups is 1. The molecular weight excluding hydrogens is 420 g/mol. The smallest absolute Gasteiger partial charge is 0.150 e. The summed E-state index contributed by atoms with van der Waals surface area (Å²) in [5.41, 5.74) is 1.80. The lowest BCUT2D eigenvalue weighted by Crippen LogP contribution is -2.38. The molecule has 0 spiro atoms. The molecular formula is C26H32N2O5. The molecule has 0 aromatic heterocycles. The van der Waals surface area contributed by atoms with Crippen molar-refractivity contribution in [1.82, 2.24) is 5.32 Å². The maximum absolute atomic E-state index is 9.99. The summed E-state index contributed by atoms with van der Waals surface area (Å²) in [5.74, 6) is 4.97. The number of aliphatic hydroxyl groups excluding tert-OH is 1. The summed E-state index contributed by atoms with van der Waals surface area (Å²) in [4.78, 5) is 0. The van der Waals surface area contributed by atoms with Crippen molar-refractivity contribution in [2.24, 2.45) is 5.90 Å². The number of hydrogen-bond donors (Lipinski definition) is 4. The van der Waals surface area contributed by atoms with Gasteiger partial charge in [-0.2, -0.15) is 0 Å². The SMILES string of the molecule is COc1ccccc1C(OCC1CC(O)CN1)(c1ccccc1)c1ccccc1OC.NO. The van der Waals surface area contributed by atoms with Crippen LogP contribution >= 0.6 is 0 Å². The lowest BCUT2D eigenvalue weighted by molar-refractivity contribution is -0.00155. The molecule has 7 nitrogen and oxygen atoms in total. The first-order valence-corrected chi connectivity index (χ1v) is 10.8. The molecule has 0 aliphatic carbocycles. The van der Waals surface area contributed by atoms with E-state index in [4.69, 9.17) is 19.4 Å². The van der Waals surface area contributed by atoms with Crippen LogP contribution in [0.5, 0.6) is 11.5 Å². The van der Waals surface area contributed by atoms with Gasteiger partial charge in [0, 0.05) is 23.7 Å². The molecule has 1 fully saturated rings. The third kappa shape index (κ3) is 5.19. The van der Waals surface area contributed by atoms with E-state index in [0.717, 1.165) is 28.2 Å². The van der Waals surface area contributed by atoms with E-state index in [1.807, 2.05) is 66.7 Å². The predicted molar refractivity (Wildman–Crippen MR) is 127 cm³/mol. The fraction of sp³-hybridized carbons (Fsp3) is 0.308. The number of hydrogen-bond acceptors (Lipinski definition) is 7. The number of β-amino-alcohol motifs (C(OH)–C–C–N with tert-alkyl or cyclic N) is 1. The highest BCUT2D eigenvalue weighted by Gasteiger charge is 2.43. The average Bonchev–Trinajstić information content (AvgIpc) is 3.31. The van der Waals surface area contributed by atoms with Crippen molar-refractivity contribution in [3.63, 3.8) is 0 Å². The summed E-state index contributed by atoms with van der Waals surface area (Å²) in [6.45, 7) is 0.998. The number of benzene rings is 3. The van der Waals surface area contributed by atoms with Crippen molar-refractivity contribution >= 4 is 0 Å². The first-order valence-electron chi connectivity index (χ1n) is 10.8. The van der Waals surface area contributed by atoms with Crippen molar-refractivity contribution in [2.45, 2.75) is 24.2 Å². The van der Waals surface area contributed by atoms with Gasteiger partial charge in [-0.25, -0.2) is 5.90 Å². The maximum Gasteiger partial charge on any atom is 0.150 e. The number of para-hydroxylation sites is 2. The van der Waals surface area contributed by atoms with Crippen LogP contribution in [0.3, 0.4) is 0 Å². The molecule has 0 saturated carbocycles. The third-order valence-electron chi connectivity index (χ3n) is 5.85. The summed E-state index contributed by atoms with van der Waals surface area (Å²) in [6, 6.07) is 26.1. The van der Waals surface area contributed by atoms with Crippen LogP contribution in [-0.4, -0.2) is 49.8 Å². The van der Waals surface area contributed by atoms with Crippen LogP contribution < -0.4 is 20.7 Å². The van der Waals surface area contributed by atoms with Crippen molar-refractivity contribution in [1.29, 1.82) is 0 Å². The molecule has 0 amide bonds. The van der Waals surface area contributed by atoms with Crippen molar-refractivity contribution in [3.05, 3.63) is 95.6 Å². The van der Waals surface area contributed by atoms with Crippen LogP contribution in [0, 0.1) is 0 Å². The molecule has 3 aromatic carbocycles. The Kier molecular flexibility index (Phi) is 8.82. The Morgan fingerprint density at radius 2 is 1.36 bits per heavy atom. The topological polar surface area (TPSA) is 106 Å². The highest BCUT2D eigenvalue weighted by Crippen LogP contribution is 2.47. The summed E-state index contributed by atoms with van der Waals surface area (Å²) < 4.78 is 18.4. The lowest BCUT2D eigenvalue weighted by Gasteiger charge is -2.38. The molecule has 7 heteroatoms. The minimum absolute atomic E-state index is 0.0579. The van der Waals surface area contributed by atoms with Crippen LogP contribution in [0.2, 0.25) is 0 Å². The van der Waals surface area contributed by atoms with E-state index < -0.39 is 5.60 Å². The quantitative estimate of drug-likeness (QED) is 0.307. The molecule has 0 bridgehead atoms. The molecule has 176 valence electrons. The third-order valence-corrected chi connectivity index (χ3v) is 5.85. The van der Waals surface area contributed by atoms with Gasteiger partial charge in [-0.05, 0) is 24.1 Å². The van der Waals surface area contributed by atoms with Crippen molar-refractivity contribution < 1.29 is 24.5 Å². The minimum atomic E-state index is -0.963. The summed E-state index contributed by atoms with van der Waals surface area (Å²) in [6.07, 6.45) is 0.306. The molecule has 2 unspecified atom stereocenters. The number of nitrogens with two attached hydrogens (primary N) is 1. The maximum atomic E-state index is 9.99. The predicted octanol–water partition coefficient (Wildman–Crippen LogP) is 3.07. The highest BCUT2D eigenvalue weighted by atomic mass is 16.5. The Labute approximate surface area is 194 Å². The number of nitrogens with one attached hydrogen (secondary N) is 1. The Bertz CT molecular complexity index is 951. The molecule has 1 aliphatic heterocycles. The van der Waals surface area contributed by atoms with Gasteiger partial charge in [0.25, 0.3) is 0 Å². The number of rotatable bonds is 8. The molecule has 4 rings (SSSR count). The van der Waals surface area contributed by atoms with Crippen LogP contribution in [0.4, 0.5) is 0 Å². The van der Waals surface area contributed by atoms with E-state index in [1.165, 1.54) is 0 Å². The normalized spacial score (nSPS) is 17.7. The molecule has 5 N–H and O–H groups in total. The lowest BCUT2D eigenvalue weighted by atomic mass is 9.79. The molecule has 3 aromatic rings. The fourth-order valence-electron chi connectivity index (χ4n) is 4.39. The fourth-order valence-corrected chi connectivity index (χ4v) is 4.39. The summed E-state index contributed by atoms with van der Waals surface area (Å²) >= 11 is 0. The molecule has 1 saturated heterocycles. The second kappa shape index (κ2) is 11.8. The molecule has 1 heterocycles. The van der Waals surface area contributed by atoms with Gasteiger partial charge in [-0.15, -0.1) is 0 Å². The molecule has 1 aliphatic rings. The van der Waals surface area contributed by atoms with Crippen LogP contribution in [0.1, 0.15) is 23.1 Å². The van der Waals surface area contributed by atoms with Gasteiger partial charge >= 0.3 is 0 Å². The van der Waals surface area contributed by atoms with Gasteiger partial charge in [-0.3, -0.25) is 0 Å². The van der Waals surface area contributed by atoms with Gasteiger partial charge in [-0.1, -0.05) is 66.7 Å². The van der Waals surface area contributed by atoms with Crippen LogP contribution in [0.15, 0.2) is 78.9 Å². The van der Waals surface area contributed by atoms with Gasteiger partial charge in [0.05, 0.1) is 26.9 Å². The van der Waals surface area contributed by atoms with Crippen molar-refractivity contribution in [2.75, 3.05) is 27.4 Å². The van der Waals surface area contributed by atoms with Crippen LogP contribution in [-0.2, 0) is 10.3 Å². The largest absolute Gasteiger partial charge is 0.496 e. The van der Waals surface area contributed by atoms with Gasteiger partial charge in [0.1, 0.15) is 11.5 Å². The Hall–Kier alpha value is -2.94. The van der Waals surface area contributed by atoms with E-state index in [0.29, 0.717) is 19.6 Å². The average molecular weight is 453 g/mol. The molecule has 2 atom stereocenters. The minimum Gasteiger partial charge on any atom is -0.496 e. The summed E-state index contributed by atoms with van der Waals surface area (Å²) in [5, 5.41) is 19.8. The van der Waals surface area contributed by atoms with E-state index >= 15 is 0 Å². The highest BCUT2D eigenvalue weighted by molar-refractivity contribution is 5.56. The molecule has 0 radical (unpaired) electrons. The van der Waals surface area contributed by atoms with Gasteiger partial charge in [0.2, 0.25) is 0 Å². The molecule has 33 heavy (non-hydrogen) atoms. The Morgan fingerprint density at radius 3 is 1.85 bits per heavy atom. The first kappa shape index (κ1) is 24.7. The second-order valence-corrected chi connectivity index (χ2v) is 7.75. The Balaban J connectivity index is 0.00000149. The zero-order chi connectivity index (χ0) is 23.7. The van der Waals surface area contributed by atoms with E-state index in [1.54, 1.807) is 14.2 Å². The van der Waals surface area contributed by atoms with E-state index in [-0.39, 0.29) is 12.1 Å². The summed E-state index contributed by atoms with van der Waals surface area (Å²) in [7, 11) is 3.34. The van der Waals surface area contributed by atoms with Gasteiger partial charge < -0.3 is 29.8 Å². The Morgan fingerprint density at radius 1 is 0.848 bits per heavy atom. The zero-order valence-corrected chi connectivity index (χ0v) is 19.0. The van der Waals surface area contributed by atoms with Crippen molar-refractivity contribution in [3.8, 4) is 11.5 Å². The standard InChI is InChI=1S/C26H29NO4.H3NO/c1-29-24-14-8-6-12-22(24)26(19-10-4-3-5-11-19,23-13-7-9-15-25(23)30-2)31-18-20-16-21(28)17-27-20;1-2/h3-15,20-21,27-28H,16-18H2,1-2H3;2H,1H2. The zero-order valence-electron chi connectivity index (χ0n) is 19.0. The number of methoxy groups -OCH3 is 2. The van der Waals surface area contributed by atoms with Crippen LogP contribution in [0.25, 0.3) is 0 Å². The van der Waals surface area contributed by atoms with E-state index in [9.17, 15) is 5.11 Å². The number of ether oxygens (including phenoxy) is 3.